The van der Waals surface area contributed by atoms with Crippen molar-refractivity contribution in [3.63, 3.8) is 0 Å². The van der Waals surface area contributed by atoms with Gasteiger partial charge in [-0.15, -0.1) is 0 Å². The van der Waals surface area contributed by atoms with E-state index in [4.69, 9.17) is 4.74 Å². The monoisotopic (exact) mass is 321 g/mol. The maximum absolute atomic E-state index is 12.4. The zero-order valence-electron chi connectivity index (χ0n) is 14.5. The Labute approximate surface area is 143 Å². The van der Waals surface area contributed by atoms with Gasteiger partial charge in [-0.25, -0.2) is 0 Å². The molecule has 124 valence electrons. The molecule has 0 aliphatic carbocycles. The summed E-state index contributed by atoms with van der Waals surface area (Å²) >= 11 is 0. The Morgan fingerprint density at radius 3 is 2.62 bits per heavy atom. The average molecular weight is 321 g/mol. The predicted octanol–water partition coefficient (Wildman–Crippen LogP) is 4.19. The van der Waals surface area contributed by atoms with Crippen LogP contribution in [0.2, 0.25) is 0 Å². The van der Waals surface area contributed by atoms with Gasteiger partial charge < -0.3 is 9.64 Å². The van der Waals surface area contributed by atoms with Crippen molar-refractivity contribution in [2.75, 3.05) is 13.6 Å². The minimum atomic E-state index is -0.253. The zero-order chi connectivity index (χ0) is 17.2. The van der Waals surface area contributed by atoms with E-state index in [2.05, 4.69) is 24.3 Å². The molecule has 1 amide bonds. The Hall–Kier alpha value is -2.55. The molecule has 0 atom stereocenters. The average Bonchev–Trinajstić information content (AvgIpc) is 2.59. The molecule has 1 heterocycles. The molecular formula is C21H23NO2. The van der Waals surface area contributed by atoms with Gasteiger partial charge in [0.25, 0.3) is 5.91 Å². The Kier molecular flexibility index (Phi) is 4.43. The fourth-order valence-electron chi connectivity index (χ4n) is 2.78. The van der Waals surface area contributed by atoms with Gasteiger partial charge in [-0.2, -0.15) is 0 Å². The molecular weight excluding hydrogens is 298 g/mol. The van der Waals surface area contributed by atoms with Crippen LogP contribution in [0.5, 0.6) is 5.75 Å². The van der Waals surface area contributed by atoms with Crippen LogP contribution in [-0.2, 0) is 6.42 Å². The molecule has 2 aromatic rings. The summed E-state index contributed by atoms with van der Waals surface area (Å²) in [5.74, 6) is 0.971. The maximum atomic E-state index is 12.4. The number of amides is 1. The van der Waals surface area contributed by atoms with Crippen LogP contribution in [-0.4, -0.2) is 30.0 Å². The van der Waals surface area contributed by atoms with Gasteiger partial charge in [-0.1, -0.05) is 30.3 Å². The van der Waals surface area contributed by atoms with E-state index in [1.54, 1.807) is 4.90 Å². The largest absolute Gasteiger partial charge is 0.483 e. The number of ether oxygens (including phenoxy) is 1. The first-order valence-corrected chi connectivity index (χ1v) is 8.26. The third-order valence-electron chi connectivity index (χ3n) is 4.21. The first-order chi connectivity index (χ1) is 11.4. The van der Waals surface area contributed by atoms with Gasteiger partial charge in [0.2, 0.25) is 0 Å². The maximum Gasteiger partial charge on any atom is 0.253 e. The summed E-state index contributed by atoms with van der Waals surface area (Å²) < 4.78 is 5.94. The van der Waals surface area contributed by atoms with Crippen molar-refractivity contribution in [3.8, 4) is 5.75 Å². The van der Waals surface area contributed by atoms with Crippen LogP contribution in [0.3, 0.4) is 0 Å². The highest BCUT2D eigenvalue weighted by molar-refractivity contribution is 5.93. The summed E-state index contributed by atoms with van der Waals surface area (Å²) in [6, 6.07) is 15.6. The highest BCUT2D eigenvalue weighted by atomic mass is 16.5. The van der Waals surface area contributed by atoms with Crippen LogP contribution in [0.15, 0.2) is 54.6 Å². The van der Waals surface area contributed by atoms with Gasteiger partial charge >= 0.3 is 0 Å². The molecule has 2 aromatic carbocycles. The Balaban J connectivity index is 1.64. The standard InChI is InChI=1S/C21H23NO2/c1-21(2)13-11-18-15-16(9-10-19(18)24-21)12-14-22(3)20(23)17-7-5-4-6-8-17/h4-11,13,15H,12,14H2,1-3H3. The summed E-state index contributed by atoms with van der Waals surface area (Å²) in [5, 5.41) is 0. The lowest BCUT2D eigenvalue weighted by molar-refractivity contribution is 0.0796. The molecule has 0 bridgehead atoms. The Morgan fingerprint density at radius 2 is 1.88 bits per heavy atom. The molecule has 0 radical (unpaired) electrons. The second-order valence-corrected chi connectivity index (χ2v) is 6.75. The quantitative estimate of drug-likeness (QED) is 0.845. The van der Waals surface area contributed by atoms with Crippen molar-refractivity contribution >= 4 is 12.0 Å². The number of nitrogens with zero attached hydrogens (tertiary/aromatic N) is 1. The molecule has 3 nitrogen and oxygen atoms in total. The third kappa shape index (κ3) is 3.67. The Morgan fingerprint density at radius 1 is 1.12 bits per heavy atom. The van der Waals surface area contributed by atoms with Crippen LogP contribution in [0.1, 0.15) is 35.3 Å². The predicted molar refractivity (Wildman–Crippen MR) is 97.3 cm³/mol. The molecule has 3 rings (SSSR count). The number of rotatable bonds is 4. The Bertz CT molecular complexity index is 763. The van der Waals surface area contributed by atoms with Gasteiger partial charge in [-0.3, -0.25) is 4.79 Å². The first-order valence-electron chi connectivity index (χ1n) is 8.26. The molecule has 0 spiro atoms. The van der Waals surface area contributed by atoms with E-state index in [0.29, 0.717) is 6.54 Å². The zero-order valence-corrected chi connectivity index (χ0v) is 14.5. The van der Waals surface area contributed by atoms with Crippen LogP contribution < -0.4 is 4.74 Å². The molecule has 1 aliphatic rings. The normalized spacial score (nSPS) is 14.6. The van der Waals surface area contributed by atoms with Crippen molar-refractivity contribution in [3.05, 3.63) is 71.3 Å². The first kappa shape index (κ1) is 16.3. The number of likely N-dealkylation sites (N-methyl/N-ethyl adjacent to an activating group) is 1. The van der Waals surface area contributed by atoms with Crippen LogP contribution in [0, 0.1) is 0 Å². The molecule has 0 saturated carbocycles. The van der Waals surface area contributed by atoms with E-state index in [-0.39, 0.29) is 11.5 Å². The van der Waals surface area contributed by atoms with E-state index in [9.17, 15) is 4.79 Å². The van der Waals surface area contributed by atoms with Crippen molar-refractivity contribution in [1.82, 2.24) is 4.90 Å². The molecule has 0 N–H and O–H groups in total. The van der Waals surface area contributed by atoms with Crippen LogP contribution in [0.4, 0.5) is 0 Å². The number of carbonyl (C=O) groups excluding carboxylic acids is 1. The van der Waals surface area contributed by atoms with Gasteiger partial charge in [0.05, 0.1) is 0 Å². The van der Waals surface area contributed by atoms with Crippen molar-refractivity contribution in [1.29, 1.82) is 0 Å². The van der Waals surface area contributed by atoms with Crippen LogP contribution in [0.25, 0.3) is 6.08 Å². The molecule has 0 fully saturated rings. The summed E-state index contributed by atoms with van der Waals surface area (Å²) in [6.07, 6.45) is 5.00. The summed E-state index contributed by atoms with van der Waals surface area (Å²) in [6.45, 7) is 4.78. The van der Waals surface area contributed by atoms with E-state index >= 15 is 0 Å². The topological polar surface area (TPSA) is 29.5 Å². The van der Waals surface area contributed by atoms with Gasteiger partial charge in [-0.05, 0) is 56.2 Å². The number of carbonyl (C=O) groups is 1. The fraction of sp³-hybridized carbons (Fsp3) is 0.286. The van der Waals surface area contributed by atoms with Gasteiger partial charge in [0.15, 0.2) is 0 Å². The number of hydrogen-bond donors (Lipinski definition) is 0. The van der Waals surface area contributed by atoms with E-state index in [0.717, 1.165) is 23.3 Å². The van der Waals surface area contributed by atoms with E-state index in [1.807, 2.05) is 57.3 Å². The summed E-state index contributed by atoms with van der Waals surface area (Å²) in [4.78, 5) is 14.1. The fourth-order valence-corrected chi connectivity index (χ4v) is 2.78. The molecule has 0 saturated heterocycles. The van der Waals surface area contributed by atoms with Crippen LogP contribution >= 0.6 is 0 Å². The minimum absolute atomic E-state index is 0.0542. The number of hydrogen-bond acceptors (Lipinski definition) is 2. The summed E-state index contributed by atoms with van der Waals surface area (Å²) in [7, 11) is 1.85. The van der Waals surface area contributed by atoms with Crippen molar-refractivity contribution < 1.29 is 9.53 Å². The van der Waals surface area contributed by atoms with Gasteiger partial charge in [0.1, 0.15) is 11.4 Å². The lowest BCUT2D eigenvalue weighted by Gasteiger charge is -2.28. The molecule has 0 aromatic heterocycles. The lowest BCUT2D eigenvalue weighted by atomic mass is 10.00. The summed E-state index contributed by atoms with van der Waals surface area (Å²) in [5.41, 5.74) is 2.78. The second kappa shape index (κ2) is 6.52. The van der Waals surface area contributed by atoms with Crippen molar-refractivity contribution in [2.24, 2.45) is 0 Å². The number of benzene rings is 2. The number of fused-ring (bicyclic) bond motifs is 1. The lowest BCUT2D eigenvalue weighted by Crippen LogP contribution is -2.29. The molecule has 0 unspecified atom stereocenters. The molecule has 24 heavy (non-hydrogen) atoms. The molecule has 3 heteroatoms. The van der Waals surface area contributed by atoms with E-state index < -0.39 is 0 Å². The van der Waals surface area contributed by atoms with E-state index in [1.165, 1.54) is 5.56 Å². The third-order valence-corrected chi connectivity index (χ3v) is 4.21. The van der Waals surface area contributed by atoms with Crippen molar-refractivity contribution in [2.45, 2.75) is 25.9 Å². The second-order valence-electron chi connectivity index (χ2n) is 6.75. The van der Waals surface area contributed by atoms with Gasteiger partial charge in [0, 0.05) is 24.7 Å². The minimum Gasteiger partial charge on any atom is -0.483 e. The SMILES string of the molecule is CN(CCc1ccc2c(c1)C=CC(C)(C)O2)C(=O)c1ccccc1. The smallest absolute Gasteiger partial charge is 0.253 e. The highest BCUT2D eigenvalue weighted by Crippen LogP contribution is 2.31. The highest BCUT2D eigenvalue weighted by Gasteiger charge is 2.21. The molecule has 1 aliphatic heterocycles.